The van der Waals surface area contributed by atoms with E-state index in [2.05, 4.69) is 36.4 Å². The van der Waals surface area contributed by atoms with Gasteiger partial charge in [0.15, 0.2) is 0 Å². The van der Waals surface area contributed by atoms with Crippen molar-refractivity contribution in [1.29, 1.82) is 0 Å². The molecule has 0 bridgehead atoms. The second kappa shape index (κ2) is 7.57. The highest BCUT2D eigenvalue weighted by Crippen LogP contribution is 2.24. The zero-order valence-corrected chi connectivity index (χ0v) is 12.2. The lowest BCUT2D eigenvalue weighted by Crippen LogP contribution is -2.45. The minimum atomic E-state index is 0.804. The molecule has 0 aromatic rings. The number of hydrogen-bond acceptors (Lipinski definition) is 3. The fourth-order valence-corrected chi connectivity index (χ4v) is 3.06. The molecule has 0 N–H and O–H groups in total. The highest BCUT2D eigenvalue weighted by atomic mass is 32.2. The van der Waals surface area contributed by atoms with Crippen molar-refractivity contribution in [3.8, 4) is 0 Å². The average molecular weight is 244 g/mol. The summed E-state index contributed by atoms with van der Waals surface area (Å²) in [4.78, 5) is 2.75. The van der Waals surface area contributed by atoms with Crippen LogP contribution in [0.4, 0.5) is 0 Å². The van der Waals surface area contributed by atoms with Gasteiger partial charge in [-0.15, -0.1) is 0 Å². The molecule has 1 fully saturated rings. The highest BCUT2D eigenvalue weighted by molar-refractivity contribution is 7.96. The summed E-state index contributed by atoms with van der Waals surface area (Å²) >= 11 is 1.83. The van der Waals surface area contributed by atoms with Crippen LogP contribution in [0.2, 0.25) is 0 Å². The number of likely N-dealkylation sites (tertiary alicyclic amines) is 1. The predicted octanol–water partition coefficient (Wildman–Crippen LogP) is 3.24. The van der Waals surface area contributed by atoms with E-state index in [-0.39, 0.29) is 0 Å². The Morgan fingerprint density at radius 3 is 2.75 bits per heavy atom. The van der Waals surface area contributed by atoms with Crippen LogP contribution < -0.4 is 0 Å². The highest BCUT2D eigenvalue weighted by Gasteiger charge is 2.25. The van der Waals surface area contributed by atoms with Gasteiger partial charge in [0.05, 0.1) is 0 Å². The van der Waals surface area contributed by atoms with E-state index in [4.69, 9.17) is 0 Å². The van der Waals surface area contributed by atoms with Crippen LogP contribution in [0.5, 0.6) is 0 Å². The Bertz CT molecular complexity index is 187. The maximum Gasteiger partial charge on any atom is 0.00983 e. The van der Waals surface area contributed by atoms with Crippen molar-refractivity contribution in [3.05, 3.63) is 0 Å². The maximum absolute atomic E-state index is 2.75. The summed E-state index contributed by atoms with van der Waals surface area (Å²) in [6, 6.07) is 1.65. The number of rotatable bonds is 6. The Kier molecular flexibility index (Phi) is 6.78. The Hall–Kier alpha value is 0.270. The zero-order chi connectivity index (χ0) is 12.0. The largest absolute Gasteiger partial charge is 0.298 e. The smallest absolute Gasteiger partial charge is 0.00983 e. The molecular weight excluding hydrogens is 216 g/mol. The summed E-state index contributed by atoms with van der Waals surface area (Å²) in [6.45, 7) is 7.23. The van der Waals surface area contributed by atoms with Crippen molar-refractivity contribution >= 4 is 11.9 Å². The lowest BCUT2D eigenvalue weighted by molar-refractivity contribution is 0.0877. The van der Waals surface area contributed by atoms with Gasteiger partial charge in [-0.2, -0.15) is 0 Å². The summed E-state index contributed by atoms with van der Waals surface area (Å²) in [5.41, 5.74) is 0. The number of hydrogen-bond donors (Lipinski definition) is 0. The third kappa shape index (κ3) is 4.27. The molecule has 0 spiro atoms. The maximum atomic E-state index is 2.75. The summed E-state index contributed by atoms with van der Waals surface area (Å²) < 4.78 is 2.33. The first-order chi connectivity index (χ1) is 7.69. The van der Waals surface area contributed by atoms with Crippen molar-refractivity contribution in [3.63, 3.8) is 0 Å². The molecule has 1 aliphatic heterocycles. The molecule has 0 aliphatic carbocycles. The van der Waals surface area contributed by atoms with Crippen LogP contribution in [0, 0.1) is 0 Å². The summed E-state index contributed by atoms with van der Waals surface area (Å²) in [7, 11) is 2.18. The molecule has 0 radical (unpaired) electrons. The Morgan fingerprint density at radius 1 is 1.38 bits per heavy atom. The summed E-state index contributed by atoms with van der Waals surface area (Å²) in [6.07, 6.45) is 9.02. The van der Waals surface area contributed by atoms with Gasteiger partial charge in [-0.05, 0) is 52.5 Å². The molecule has 0 aromatic carbocycles. The molecule has 16 heavy (non-hydrogen) atoms. The van der Waals surface area contributed by atoms with Gasteiger partial charge in [-0.25, -0.2) is 0 Å². The Morgan fingerprint density at radius 2 is 2.12 bits per heavy atom. The lowest BCUT2D eigenvalue weighted by Gasteiger charge is -2.40. The van der Waals surface area contributed by atoms with Crippen LogP contribution >= 0.6 is 11.9 Å². The Balaban J connectivity index is 2.31. The SMILES string of the molecule is CCC1CCCC(C)N1CCCN(C)SC. The molecule has 1 heterocycles. The van der Waals surface area contributed by atoms with E-state index in [9.17, 15) is 0 Å². The molecule has 2 unspecified atom stereocenters. The third-order valence-corrected chi connectivity index (χ3v) is 4.67. The van der Waals surface area contributed by atoms with E-state index in [0.717, 1.165) is 12.1 Å². The molecular formula is C13H28N2S. The molecule has 3 heteroatoms. The fraction of sp³-hybridized carbons (Fsp3) is 1.00. The van der Waals surface area contributed by atoms with Crippen molar-refractivity contribution in [2.75, 3.05) is 26.4 Å². The quantitative estimate of drug-likeness (QED) is 0.662. The van der Waals surface area contributed by atoms with Crippen molar-refractivity contribution in [2.45, 2.75) is 58.0 Å². The fourth-order valence-electron chi connectivity index (χ4n) is 2.75. The summed E-state index contributed by atoms with van der Waals surface area (Å²) in [5.74, 6) is 0. The third-order valence-electron chi connectivity index (χ3n) is 3.87. The van der Waals surface area contributed by atoms with Gasteiger partial charge in [0.25, 0.3) is 0 Å². The van der Waals surface area contributed by atoms with E-state index in [1.807, 2.05) is 11.9 Å². The van der Waals surface area contributed by atoms with Crippen LogP contribution in [0.3, 0.4) is 0 Å². The van der Waals surface area contributed by atoms with E-state index >= 15 is 0 Å². The van der Waals surface area contributed by atoms with Crippen LogP contribution in [0.25, 0.3) is 0 Å². The van der Waals surface area contributed by atoms with Gasteiger partial charge in [-0.1, -0.05) is 25.3 Å². The van der Waals surface area contributed by atoms with Crippen LogP contribution in [-0.4, -0.2) is 47.7 Å². The molecule has 0 amide bonds. The van der Waals surface area contributed by atoms with Crippen LogP contribution in [0.1, 0.15) is 46.0 Å². The van der Waals surface area contributed by atoms with Gasteiger partial charge in [0.2, 0.25) is 0 Å². The first-order valence-electron chi connectivity index (χ1n) is 6.70. The number of nitrogens with zero attached hydrogens (tertiary/aromatic N) is 2. The van der Waals surface area contributed by atoms with Crippen molar-refractivity contribution in [2.24, 2.45) is 0 Å². The Labute approximate surface area is 106 Å². The van der Waals surface area contributed by atoms with Gasteiger partial charge in [0.1, 0.15) is 0 Å². The van der Waals surface area contributed by atoms with Crippen molar-refractivity contribution < 1.29 is 0 Å². The van der Waals surface area contributed by atoms with Gasteiger partial charge in [0, 0.05) is 18.6 Å². The first kappa shape index (κ1) is 14.3. The molecule has 2 atom stereocenters. The second-order valence-corrected chi connectivity index (χ2v) is 5.96. The molecule has 0 saturated carbocycles. The van der Waals surface area contributed by atoms with Crippen LogP contribution in [-0.2, 0) is 0 Å². The van der Waals surface area contributed by atoms with Crippen LogP contribution in [0.15, 0.2) is 0 Å². The predicted molar refractivity (Wildman–Crippen MR) is 74.9 cm³/mol. The lowest BCUT2D eigenvalue weighted by atomic mass is 9.94. The molecule has 1 saturated heterocycles. The van der Waals surface area contributed by atoms with Gasteiger partial charge >= 0.3 is 0 Å². The van der Waals surface area contributed by atoms with E-state index in [1.54, 1.807) is 0 Å². The molecule has 1 aliphatic rings. The summed E-state index contributed by atoms with van der Waals surface area (Å²) in [5, 5.41) is 0. The van der Waals surface area contributed by atoms with Gasteiger partial charge in [-0.3, -0.25) is 9.21 Å². The topological polar surface area (TPSA) is 6.48 Å². The second-order valence-electron chi connectivity index (χ2n) is 4.97. The number of piperidine rings is 1. The minimum absolute atomic E-state index is 0.804. The zero-order valence-electron chi connectivity index (χ0n) is 11.4. The normalized spacial score (nSPS) is 27.6. The van der Waals surface area contributed by atoms with E-state index in [0.29, 0.717) is 0 Å². The molecule has 1 rings (SSSR count). The van der Waals surface area contributed by atoms with E-state index < -0.39 is 0 Å². The average Bonchev–Trinajstić information content (AvgIpc) is 2.30. The standard InChI is InChI=1S/C13H28N2S/c1-5-13-9-6-8-12(2)15(13)11-7-10-14(3)16-4/h12-13H,5-11H2,1-4H3. The van der Waals surface area contributed by atoms with Crippen molar-refractivity contribution in [1.82, 2.24) is 9.21 Å². The first-order valence-corrected chi connectivity index (χ1v) is 7.88. The molecule has 0 aromatic heterocycles. The molecule has 2 nitrogen and oxygen atoms in total. The minimum Gasteiger partial charge on any atom is -0.298 e. The van der Waals surface area contributed by atoms with Gasteiger partial charge < -0.3 is 0 Å². The molecule has 96 valence electrons. The van der Waals surface area contributed by atoms with E-state index in [1.165, 1.54) is 45.2 Å². The monoisotopic (exact) mass is 244 g/mol.